The fraction of sp³-hybridized carbons (Fsp3) is 0.480. The summed E-state index contributed by atoms with van der Waals surface area (Å²) in [5.41, 5.74) is 0.734. The highest BCUT2D eigenvalue weighted by atomic mass is 32.2. The third-order valence-electron chi connectivity index (χ3n) is 5.78. The molecule has 2 heterocycles. The van der Waals surface area contributed by atoms with E-state index < -0.39 is 71.2 Å². The van der Waals surface area contributed by atoms with Crippen molar-refractivity contribution in [2.75, 3.05) is 17.2 Å². The summed E-state index contributed by atoms with van der Waals surface area (Å²) in [6, 6.07) is 7.80. The van der Waals surface area contributed by atoms with Gasteiger partial charge in [0.15, 0.2) is 24.5 Å². The molecule has 226 valence electrons. The SMILES string of the molecule is CC(=O)OC[C@H]1O[C@@H](n2cc(CN(c3ccc(C#N)cc3)S(C)(=O)=O)nn2)[C@H](OC(C)=O)[C@@H](OC(C)=O)[C@@H]1OC(C)=O. The molecule has 17 heteroatoms. The standard InChI is InChI=1S/C25H29N5O11S/c1-14(31)37-13-21-22(38-15(2)32)23(39-16(3)33)24(40-17(4)34)25(41-21)29-11-19(27-28-29)12-30(42(5,35)36)20-8-6-18(10-26)7-9-20/h6-9,11,21-25H,12-13H2,1-5H3/t21-,22-,23+,24-,25-/m1/s1. The smallest absolute Gasteiger partial charge is 0.303 e. The molecule has 1 saturated heterocycles. The second kappa shape index (κ2) is 13.4. The third-order valence-corrected chi connectivity index (χ3v) is 6.92. The molecule has 1 aliphatic rings. The van der Waals surface area contributed by atoms with Crippen LogP contribution in [0.3, 0.4) is 0 Å². The second-order valence-electron chi connectivity index (χ2n) is 9.21. The first-order valence-corrected chi connectivity index (χ1v) is 14.2. The predicted octanol–water partition coefficient (Wildman–Crippen LogP) is 0.372. The minimum absolute atomic E-state index is 0.137. The van der Waals surface area contributed by atoms with E-state index in [0.29, 0.717) is 5.56 Å². The minimum Gasteiger partial charge on any atom is -0.463 e. The van der Waals surface area contributed by atoms with Crippen molar-refractivity contribution in [3.8, 4) is 6.07 Å². The number of nitriles is 1. The molecule has 1 aromatic carbocycles. The predicted molar refractivity (Wildman–Crippen MR) is 139 cm³/mol. The summed E-state index contributed by atoms with van der Waals surface area (Å²) in [6.45, 7) is 3.73. The van der Waals surface area contributed by atoms with E-state index in [4.69, 9.17) is 28.9 Å². The summed E-state index contributed by atoms with van der Waals surface area (Å²) in [4.78, 5) is 47.6. The number of carbonyl (C=O) groups is 4. The summed E-state index contributed by atoms with van der Waals surface area (Å²) in [6.07, 6.45) is -4.45. The number of ether oxygens (including phenoxy) is 5. The van der Waals surface area contributed by atoms with Crippen LogP contribution >= 0.6 is 0 Å². The number of anilines is 1. The minimum atomic E-state index is -3.82. The normalized spacial score (nSPS) is 21.9. The molecule has 0 unspecified atom stereocenters. The number of aromatic nitrogens is 3. The molecule has 0 radical (unpaired) electrons. The molecule has 2 aromatic rings. The van der Waals surface area contributed by atoms with Crippen molar-refractivity contribution in [3.05, 3.63) is 41.7 Å². The van der Waals surface area contributed by atoms with Gasteiger partial charge in [-0.15, -0.1) is 5.10 Å². The number of rotatable bonds is 10. The number of sulfonamides is 1. The van der Waals surface area contributed by atoms with Crippen molar-refractivity contribution in [1.29, 1.82) is 5.26 Å². The van der Waals surface area contributed by atoms with Crippen LogP contribution < -0.4 is 4.31 Å². The Morgan fingerprint density at radius 1 is 0.952 bits per heavy atom. The third kappa shape index (κ3) is 8.24. The van der Waals surface area contributed by atoms with Crippen LogP contribution in [0.15, 0.2) is 30.5 Å². The Bertz CT molecular complexity index is 1470. The Labute approximate surface area is 241 Å². The van der Waals surface area contributed by atoms with E-state index in [-0.39, 0.29) is 17.9 Å². The molecule has 0 aliphatic carbocycles. The number of benzene rings is 1. The van der Waals surface area contributed by atoms with Gasteiger partial charge in [-0.1, -0.05) is 5.21 Å². The Balaban J connectivity index is 2.02. The molecule has 0 spiro atoms. The van der Waals surface area contributed by atoms with Crippen molar-refractivity contribution < 1.29 is 51.3 Å². The number of hydrogen-bond donors (Lipinski definition) is 0. The van der Waals surface area contributed by atoms with E-state index >= 15 is 0 Å². The molecule has 42 heavy (non-hydrogen) atoms. The zero-order valence-electron chi connectivity index (χ0n) is 23.3. The average molecular weight is 608 g/mol. The van der Waals surface area contributed by atoms with Crippen LogP contribution in [0.4, 0.5) is 5.69 Å². The van der Waals surface area contributed by atoms with E-state index in [1.54, 1.807) is 0 Å². The number of esters is 4. The van der Waals surface area contributed by atoms with Gasteiger partial charge in [0.05, 0.1) is 36.3 Å². The van der Waals surface area contributed by atoms with Gasteiger partial charge in [-0.25, -0.2) is 13.1 Å². The quantitative estimate of drug-likeness (QED) is 0.264. The molecular formula is C25H29N5O11S. The molecule has 1 aliphatic heterocycles. The maximum Gasteiger partial charge on any atom is 0.303 e. The summed E-state index contributed by atoms with van der Waals surface area (Å²) in [5, 5.41) is 17.1. The second-order valence-corrected chi connectivity index (χ2v) is 11.1. The summed E-state index contributed by atoms with van der Waals surface area (Å²) >= 11 is 0. The summed E-state index contributed by atoms with van der Waals surface area (Å²) < 4.78 is 54.6. The molecule has 0 N–H and O–H groups in total. The van der Waals surface area contributed by atoms with Crippen LogP contribution in [-0.2, 0) is 59.4 Å². The Morgan fingerprint density at radius 3 is 2.05 bits per heavy atom. The lowest BCUT2D eigenvalue weighted by Gasteiger charge is -2.44. The molecule has 16 nitrogen and oxygen atoms in total. The number of nitrogens with zero attached hydrogens (tertiary/aromatic N) is 5. The maximum absolute atomic E-state index is 12.6. The average Bonchev–Trinajstić information content (AvgIpc) is 3.35. The van der Waals surface area contributed by atoms with Crippen molar-refractivity contribution >= 4 is 39.6 Å². The van der Waals surface area contributed by atoms with Crippen LogP contribution in [0.1, 0.15) is 45.2 Å². The van der Waals surface area contributed by atoms with Crippen molar-refractivity contribution in [2.45, 2.75) is 64.9 Å². The van der Waals surface area contributed by atoms with Gasteiger partial charge in [0.2, 0.25) is 10.0 Å². The molecule has 0 saturated carbocycles. The molecule has 3 rings (SSSR count). The van der Waals surface area contributed by atoms with Crippen LogP contribution in [0.25, 0.3) is 0 Å². The summed E-state index contributed by atoms with van der Waals surface area (Å²) in [5.74, 6) is -3.04. The largest absolute Gasteiger partial charge is 0.463 e. The van der Waals surface area contributed by atoms with Crippen LogP contribution in [0.5, 0.6) is 0 Å². The molecule has 5 atom stereocenters. The maximum atomic E-state index is 12.6. The van der Waals surface area contributed by atoms with E-state index in [0.717, 1.165) is 42.9 Å². The van der Waals surface area contributed by atoms with Crippen molar-refractivity contribution in [1.82, 2.24) is 15.0 Å². The fourth-order valence-corrected chi connectivity index (χ4v) is 5.05. The molecule has 0 bridgehead atoms. The topological polar surface area (TPSA) is 206 Å². The van der Waals surface area contributed by atoms with Gasteiger partial charge in [0.25, 0.3) is 0 Å². The Kier molecular flexibility index (Phi) is 10.2. The van der Waals surface area contributed by atoms with Gasteiger partial charge in [0, 0.05) is 27.7 Å². The van der Waals surface area contributed by atoms with Gasteiger partial charge in [0.1, 0.15) is 18.4 Å². The lowest BCUT2D eigenvalue weighted by atomic mass is 9.97. The van der Waals surface area contributed by atoms with Crippen LogP contribution in [-0.4, -0.2) is 84.6 Å². The Hall–Kier alpha value is -4.56. The Morgan fingerprint density at radius 2 is 1.52 bits per heavy atom. The fourth-order valence-electron chi connectivity index (χ4n) is 4.18. The van der Waals surface area contributed by atoms with Crippen LogP contribution in [0.2, 0.25) is 0 Å². The first-order chi connectivity index (χ1) is 19.7. The number of carbonyl (C=O) groups excluding carboxylic acids is 4. The lowest BCUT2D eigenvalue weighted by molar-refractivity contribution is -0.270. The highest BCUT2D eigenvalue weighted by Gasteiger charge is 2.53. The molecule has 1 aromatic heterocycles. The van der Waals surface area contributed by atoms with Gasteiger partial charge < -0.3 is 23.7 Å². The highest BCUT2D eigenvalue weighted by molar-refractivity contribution is 7.92. The first-order valence-electron chi connectivity index (χ1n) is 12.4. The summed E-state index contributed by atoms with van der Waals surface area (Å²) in [7, 11) is -3.82. The molecule has 0 amide bonds. The zero-order chi connectivity index (χ0) is 31.2. The van der Waals surface area contributed by atoms with Gasteiger partial charge in [-0.2, -0.15) is 5.26 Å². The highest BCUT2D eigenvalue weighted by Crippen LogP contribution is 2.34. The van der Waals surface area contributed by atoms with Crippen molar-refractivity contribution in [3.63, 3.8) is 0 Å². The molecular weight excluding hydrogens is 578 g/mol. The number of hydrogen-bond acceptors (Lipinski definition) is 14. The van der Waals surface area contributed by atoms with E-state index in [1.165, 1.54) is 30.5 Å². The van der Waals surface area contributed by atoms with Gasteiger partial charge in [-0.05, 0) is 24.3 Å². The van der Waals surface area contributed by atoms with Crippen molar-refractivity contribution in [2.24, 2.45) is 0 Å². The lowest BCUT2D eigenvalue weighted by Crippen LogP contribution is -2.60. The van der Waals surface area contributed by atoms with E-state index in [2.05, 4.69) is 10.3 Å². The van der Waals surface area contributed by atoms with Gasteiger partial charge in [-0.3, -0.25) is 23.5 Å². The molecule has 1 fully saturated rings. The monoisotopic (exact) mass is 607 g/mol. The zero-order valence-corrected chi connectivity index (χ0v) is 24.1. The first kappa shape index (κ1) is 32.0. The van der Waals surface area contributed by atoms with E-state index in [1.807, 2.05) is 6.07 Å². The van der Waals surface area contributed by atoms with E-state index in [9.17, 15) is 27.6 Å². The van der Waals surface area contributed by atoms with Crippen LogP contribution in [0, 0.1) is 11.3 Å². The van der Waals surface area contributed by atoms with Gasteiger partial charge >= 0.3 is 23.9 Å².